The first-order chi connectivity index (χ1) is 9.47. The number of allylic oxidation sites excluding steroid dienone is 1. The van der Waals surface area contributed by atoms with Crippen LogP contribution in [0.3, 0.4) is 0 Å². The molecule has 0 bridgehead atoms. The monoisotopic (exact) mass is 328 g/mol. The van der Waals surface area contributed by atoms with Crippen LogP contribution in [-0.2, 0) is 0 Å². The van der Waals surface area contributed by atoms with E-state index >= 15 is 0 Å². The molecule has 2 rings (SSSR count). The molecule has 1 nitrogen and oxygen atoms in total. The fourth-order valence-corrected chi connectivity index (χ4v) is 2.66. The highest BCUT2D eigenvalue weighted by Gasteiger charge is 2.09. The summed E-state index contributed by atoms with van der Waals surface area (Å²) in [5, 5.41) is 0. The number of aryl methyl sites for hydroxylation is 3. The first-order valence-corrected chi connectivity index (χ1v) is 7.32. The second-order valence-electron chi connectivity index (χ2n) is 5.02. The molecule has 0 amide bonds. The Kier molecular flexibility index (Phi) is 4.56. The van der Waals surface area contributed by atoms with Gasteiger partial charge in [-0.25, -0.2) is 0 Å². The fourth-order valence-electron chi connectivity index (χ4n) is 2.40. The van der Waals surface area contributed by atoms with Gasteiger partial charge in [-0.15, -0.1) is 0 Å². The summed E-state index contributed by atoms with van der Waals surface area (Å²) in [6.07, 6.45) is 3.50. The molecule has 2 aromatic rings. The SMILES string of the molecule is Cc1cc(C)c(C(=O)/C=C/c2ccc(Br)cc2)c(C)c1. The van der Waals surface area contributed by atoms with Gasteiger partial charge >= 0.3 is 0 Å². The van der Waals surface area contributed by atoms with Crippen LogP contribution in [0.4, 0.5) is 0 Å². The second-order valence-corrected chi connectivity index (χ2v) is 5.94. The first kappa shape index (κ1) is 14.7. The van der Waals surface area contributed by atoms with Crippen molar-refractivity contribution >= 4 is 27.8 Å². The number of ketones is 1. The number of carbonyl (C=O) groups excluding carboxylic acids is 1. The molecular weight excluding hydrogens is 312 g/mol. The van der Waals surface area contributed by atoms with E-state index in [1.54, 1.807) is 6.08 Å². The van der Waals surface area contributed by atoms with Crippen molar-refractivity contribution in [2.75, 3.05) is 0 Å². The summed E-state index contributed by atoms with van der Waals surface area (Å²) in [6.45, 7) is 6.02. The lowest BCUT2D eigenvalue weighted by Crippen LogP contribution is -2.02. The van der Waals surface area contributed by atoms with Crippen LogP contribution in [0.15, 0.2) is 46.9 Å². The fraction of sp³-hybridized carbons (Fsp3) is 0.167. The van der Waals surface area contributed by atoms with Gasteiger partial charge in [0, 0.05) is 10.0 Å². The summed E-state index contributed by atoms with van der Waals surface area (Å²) < 4.78 is 1.03. The smallest absolute Gasteiger partial charge is 0.186 e. The molecule has 0 aliphatic rings. The Bertz CT molecular complexity index is 643. The molecule has 0 N–H and O–H groups in total. The van der Waals surface area contributed by atoms with Crippen molar-refractivity contribution < 1.29 is 4.79 Å². The molecule has 0 radical (unpaired) electrons. The van der Waals surface area contributed by atoms with E-state index in [0.29, 0.717) is 0 Å². The van der Waals surface area contributed by atoms with Crippen LogP contribution >= 0.6 is 15.9 Å². The van der Waals surface area contributed by atoms with Crippen LogP contribution in [0.5, 0.6) is 0 Å². The molecule has 20 heavy (non-hydrogen) atoms. The molecule has 0 aliphatic heterocycles. The highest BCUT2D eigenvalue weighted by Crippen LogP contribution is 2.18. The Balaban J connectivity index is 2.26. The summed E-state index contributed by atoms with van der Waals surface area (Å²) in [7, 11) is 0. The van der Waals surface area contributed by atoms with E-state index in [0.717, 1.165) is 26.7 Å². The van der Waals surface area contributed by atoms with Crippen LogP contribution in [-0.4, -0.2) is 5.78 Å². The summed E-state index contributed by atoms with van der Waals surface area (Å²) in [5.41, 5.74) is 5.09. The van der Waals surface area contributed by atoms with Crippen LogP contribution < -0.4 is 0 Å². The maximum Gasteiger partial charge on any atom is 0.186 e. The second kappa shape index (κ2) is 6.19. The van der Waals surface area contributed by atoms with E-state index in [1.165, 1.54) is 5.56 Å². The van der Waals surface area contributed by atoms with Gasteiger partial charge in [-0.3, -0.25) is 4.79 Å². The van der Waals surface area contributed by atoms with Crippen molar-refractivity contribution in [1.29, 1.82) is 0 Å². The average Bonchev–Trinajstić information content (AvgIpc) is 2.37. The third kappa shape index (κ3) is 3.45. The molecule has 0 saturated heterocycles. The maximum atomic E-state index is 12.3. The molecule has 0 heterocycles. The summed E-state index contributed by atoms with van der Waals surface area (Å²) in [6, 6.07) is 12.0. The maximum absolute atomic E-state index is 12.3. The highest BCUT2D eigenvalue weighted by molar-refractivity contribution is 9.10. The van der Waals surface area contributed by atoms with Crippen molar-refractivity contribution in [2.45, 2.75) is 20.8 Å². The molecule has 0 atom stereocenters. The lowest BCUT2D eigenvalue weighted by Gasteiger charge is -2.08. The molecule has 102 valence electrons. The van der Waals surface area contributed by atoms with E-state index in [9.17, 15) is 4.79 Å². The van der Waals surface area contributed by atoms with E-state index in [4.69, 9.17) is 0 Å². The van der Waals surface area contributed by atoms with Crippen LogP contribution in [0.2, 0.25) is 0 Å². The molecule has 0 spiro atoms. The normalized spacial score (nSPS) is 11.0. The molecule has 2 heteroatoms. The van der Waals surface area contributed by atoms with E-state index in [1.807, 2.05) is 63.2 Å². The van der Waals surface area contributed by atoms with Gasteiger partial charge in [0.1, 0.15) is 0 Å². The van der Waals surface area contributed by atoms with Crippen molar-refractivity contribution in [1.82, 2.24) is 0 Å². The minimum Gasteiger partial charge on any atom is -0.289 e. The molecule has 0 fully saturated rings. The predicted octanol–water partition coefficient (Wildman–Crippen LogP) is 5.27. The topological polar surface area (TPSA) is 17.1 Å². The number of rotatable bonds is 3. The molecule has 0 unspecified atom stereocenters. The van der Waals surface area contributed by atoms with E-state index < -0.39 is 0 Å². The summed E-state index contributed by atoms with van der Waals surface area (Å²) >= 11 is 3.40. The Morgan fingerprint density at radius 1 is 1.00 bits per heavy atom. The minimum absolute atomic E-state index is 0.0583. The Morgan fingerprint density at radius 2 is 1.55 bits per heavy atom. The zero-order chi connectivity index (χ0) is 14.7. The average molecular weight is 329 g/mol. The van der Waals surface area contributed by atoms with Crippen LogP contribution in [0.25, 0.3) is 6.08 Å². The van der Waals surface area contributed by atoms with Crippen molar-refractivity contribution in [3.8, 4) is 0 Å². The van der Waals surface area contributed by atoms with Gasteiger partial charge in [-0.05, 0) is 55.7 Å². The van der Waals surface area contributed by atoms with Crippen LogP contribution in [0.1, 0.15) is 32.6 Å². The summed E-state index contributed by atoms with van der Waals surface area (Å²) in [4.78, 5) is 12.3. The standard InChI is InChI=1S/C18H17BrO/c1-12-10-13(2)18(14(3)11-12)17(20)9-6-15-4-7-16(19)8-5-15/h4-11H,1-3H3/b9-6+. The Labute approximate surface area is 128 Å². The highest BCUT2D eigenvalue weighted by atomic mass is 79.9. The first-order valence-electron chi connectivity index (χ1n) is 6.53. The third-order valence-corrected chi connectivity index (χ3v) is 3.75. The Morgan fingerprint density at radius 3 is 2.10 bits per heavy atom. The van der Waals surface area contributed by atoms with Gasteiger partial charge < -0.3 is 0 Å². The van der Waals surface area contributed by atoms with Crippen LogP contribution in [0, 0.1) is 20.8 Å². The van der Waals surface area contributed by atoms with Crippen molar-refractivity contribution in [2.24, 2.45) is 0 Å². The molecular formula is C18H17BrO. The van der Waals surface area contributed by atoms with Gasteiger partial charge in [0.15, 0.2) is 5.78 Å². The largest absolute Gasteiger partial charge is 0.289 e. The van der Waals surface area contributed by atoms with Gasteiger partial charge in [0.05, 0.1) is 0 Å². The molecule has 2 aromatic carbocycles. The van der Waals surface area contributed by atoms with Gasteiger partial charge in [-0.2, -0.15) is 0 Å². The minimum atomic E-state index is 0.0583. The quantitative estimate of drug-likeness (QED) is 0.554. The van der Waals surface area contributed by atoms with Gasteiger partial charge in [-0.1, -0.05) is 51.8 Å². The molecule has 0 aromatic heterocycles. The van der Waals surface area contributed by atoms with Gasteiger partial charge in [0.25, 0.3) is 0 Å². The van der Waals surface area contributed by atoms with Crippen molar-refractivity contribution in [3.05, 3.63) is 74.8 Å². The van der Waals surface area contributed by atoms with Crippen molar-refractivity contribution in [3.63, 3.8) is 0 Å². The van der Waals surface area contributed by atoms with Gasteiger partial charge in [0.2, 0.25) is 0 Å². The summed E-state index contributed by atoms with van der Waals surface area (Å²) in [5.74, 6) is 0.0583. The lowest BCUT2D eigenvalue weighted by molar-refractivity contribution is 0.104. The zero-order valence-electron chi connectivity index (χ0n) is 11.9. The number of halogens is 1. The molecule has 0 saturated carbocycles. The van der Waals surface area contributed by atoms with E-state index in [-0.39, 0.29) is 5.78 Å². The third-order valence-electron chi connectivity index (χ3n) is 3.22. The van der Waals surface area contributed by atoms with E-state index in [2.05, 4.69) is 15.9 Å². The zero-order valence-corrected chi connectivity index (χ0v) is 13.5. The molecule has 0 aliphatic carbocycles. The number of benzene rings is 2. The predicted molar refractivity (Wildman–Crippen MR) is 88.2 cm³/mol. The number of hydrogen-bond acceptors (Lipinski definition) is 1. The lowest BCUT2D eigenvalue weighted by atomic mass is 9.96. The Hall–Kier alpha value is -1.67. The number of carbonyl (C=O) groups is 1. The number of hydrogen-bond donors (Lipinski definition) is 0.